The molecule has 0 aliphatic rings. The number of nitrogens with zero attached hydrogens (tertiary/aromatic N) is 2. The number of hydrogen-bond acceptors (Lipinski definition) is 3. The minimum atomic E-state index is -0.0534. The van der Waals surface area contributed by atoms with Gasteiger partial charge in [-0.3, -0.25) is 9.69 Å². The van der Waals surface area contributed by atoms with Gasteiger partial charge in [0.1, 0.15) is 0 Å². The van der Waals surface area contributed by atoms with Gasteiger partial charge >= 0.3 is 0 Å². The van der Waals surface area contributed by atoms with Crippen molar-refractivity contribution in [2.75, 3.05) is 33.7 Å². The van der Waals surface area contributed by atoms with Gasteiger partial charge in [-0.05, 0) is 34.0 Å². The predicted molar refractivity (Wildman–Crippen MR) is 80.7 cm³/mol. The third kappa shape index (κ3) is 5.13. The molecule has 0 heterocycles. The first kappa shape index (κ1) is 15.9. The number of benzene rings is 1. The van der Waals surface area contributed by atoms with Gasteiger partial charge in [-0.15, -0.1) is 0 Å². The quantitative estimate of drug-likeness (QED) is 0.673. The van der Waals surface area contributed by atoms with Gasteiger partial charge in [0, 0.05) is 18.7 Å². The molecule has 1 aromatic rings. The number of ketones is 1. The molecule has 0 fully saturated rings. The molecule has 106 valence electrons. The number of likely N-dealkylation sites (N-methyl/N-ethyl adjacent to an activating group) is 1. The first-order chi connectivity index (χ1) is 9.06. The summed E-state index contributed by atoms with van der Waals surface area (Å²) in [7, 11) is 4.13. The monoisotopic (exact) mass is 262 g/mol. The van der Waals surface area contributed by atoms with Crippen molar-refractivity contribution in [1.29, 1.82) is 0 Å². The summed E-state index contributed by atoms with van der Waals surface area (Å²) in [5, 5.41) is 0. The Hall–Kier alpha value is -1.19. The maximum absolute atomic E-state index is 12.5. The highest BCUT2D eigenvalue weighted by Gasteiger charge is 2.21. The molecule has 3 nitrogen and oxygen atoms in total. The molecule has 0 saturated carbocycles. The lowest BCUT2D eigenvalue weighted by atomic mass is 10.0. The first-order valence-electron chi connectivity index (χ1n) is 7.04. The van der Waals surface area contributed by atoms with Gasteiger partial charge < -0.3 is 4.90 Å². The van der Waals surface area contributed by atoms with E-state index < -0.39 is 0 Å². The van der Waals surface area contributed by atoms with E-state index in [1.165, 1.54) is 0 Å². The van der Waals surface area contributed by atoms with Gasteiger partial charge in [0.05, 0.1) is 6.04 Å². The molecule has 1 atom stereocenters. The van der Waals surface area contributed by atoms with Crippen molar-refractivity contribution >= 4 is 5.78 Å². The van der Waals surface area contributed by atoms with Gasteiger partial charge in [0.15, 0.2) is 5.78 Å². The summed E-state index contributed by atoms with van der Waals surface area (Å²) in [5.74, 6) is 0.216. The summed E-state index contributed by atoms with van der Waals surface area (Å²) >= 11 is 0. The third-order valence-electron chi connectivity index (χ3n) is 3.33. The summed E-state index contributed by atoms with van der Waals surface area (Å²) in [5.41, 5.74) is 0.806. The van der Waals surface area contributed by atoms with Gasteiger partial charge in [-0.25, -0.2) is 0 Å². The number of carbonyl (C=O) groups is 1. The summed E-state index contributed by atoms with van der Waals surface area (Å²) in [6.07, 6.45) is 1.07. The fourth-order valence-electron chi connectivity index (χ4n) is 2.12. The zero-order valence-electron chi connectivity index (χ0n) is 12.6. The van der Waals surface area contributed by atoms with E-state index in [0.717, 1.165) is 31.6 Å². The summed E-state index contributed by atoms with van der Waals surface area (Å²) in [4.78, 5) is 16.9. The molecule has 1 unspecified atom stereocenters. The van der Waals surface area contributed by atoms with Crippen LogP contribution in [0.15, 0.2) is 30.3 Å². The molecule has 0 spiro atoms. The first-order valence-corrected chi connectivity index (χ1v) is 7.04. The molecular weight excluding hydrogens is 236 g/mol. The van der Waals surface area contributed by atoms with Crippen LogP contribution in [-0.2, 0) is 0 Å². The van der Waals surface area contributed by atoms with Crippen molar-refractivity contribution in [3.63, 3.8) is 0 Å². The molecular formula is C16H26N2O. The van der Waals surface area contributed by atoms with Crippen LogP contribution in [0.1, 0.15) is 30.6 Å². The summed E-state index contributed by atoms with van der Waals surface area (Å²) < 4.78 is 0. The molecule has 19 heavy (non-hydrogen) atoms. The van der Waals surface area contributed by atoms with E-state index >= 15 is 0 Å². The second kappa shape index (κ2) is 8.08. The second-order valence-electron chi connectivity index (χ2n) is 5.25. The smallest absolute Gasteiger partial charge is 0.179 e. The maximum atomic E-state index is 12.5. The van der Waals surface area contributed by atoms with Crippen molar-refractivity contribution in [3.05, 3.63) is 35.9 Å². The summed E-state index contributed by atoms with van der Waals surface area (Å²) in [6.45, 7) is 7.05. The van der Waals surface area contributed by atoms with Crippen LogP contribution in [0.3, 0.4) is 0 Å². The molecule has 0 aliphatic heterocycles. The summed E-state index contributed by atoms with van der Waals surface area (Å²) in [6, 6.07) is 9.52. The van der Waals surface area contributed by atoms with Crippen molar-refractivity contribution < 1.29 is 4.79 Å². The minimum absolute atomic E-state index is 0.0534. The van der Waals surface area contributed by atoms with Gasteiger partial charge in [0.2, 0.25) is 0 Å². The van der Waals surface area contributed by atoms with E-state index in [1.54, 1.807) is 0 Å². The Labute approximate surface area is 117 Å². The number of carbonyl (C=O) groups excluding carboxylic acids is 1. The molecule has 0 radical (unpaired) electrons. The van der Waals surface area contributed by atoms with Crippen molar-refractivity contribution in [1.82, 2.24) is 9.80 Å². The number of Topliss-reactive ketones (excluding diaryl/α,β-unsaturated/α-hetero) is 1. The fourth-order valence-corrected chi connectivity index (χ4v) is 2.12. The van der Waals surface area contributed by atoms with Crippen LogP contribution in [0, 0.1) is 0 Å². The lowest BCUT2D eigenvalue weighted by Crippen LogP contribution is -2.43. The van der Waals surface area contributed by atoms with Gasteiger partial charge in [-0.2, -0.15) is 0 Å². The number of rotatable bonds is 8. The molecule has 1 aromatic carbocycles. The standard InChI is InChI=1S/C16H26N2O/c1-5-11-18(13-12-17(3)4)14(2)16(19)15-9-7-6-8-10-15/h6-10,14H,5,11-13H2,1-4H3. The van der Waals surface area contributed by atoms with E-state index in [0.29, 0.717) is 0 Å². The largest absolute Gasteiger partial charge is 0.308 e. The van der Waals surface area contributed by atoms with Gasteiger partial charge in [0.25, 0.3) is 0 Å². The van der Waals surface area contributed by atoms with Crippen molar-refractivity contribution in [2.45, 2.75) is 26.3 Å². The van der Waals surface area contributed by atoms with E-state index in [1.807, 2.05) is 37.3 Å². The van der Waals surface area contributed by atoms with Crippen LogP contribution in [0.25, 0.3) is 0 Å². The number of hydrogen-bond donors (Lipinski definition) is 0. The minimum Gasteiger partial charge on any atom is -0.308 e. The van der Waals surface area contributed by atoms with Crippen molar-refractivity contribution in [3.8, 4) is 0 Å². The van der Waals surface area contributed by atoms with Crippen LogP contribution >= 0.6 is 0 Å². The molecule has 0 aromatic heterocycles. The molecule has 3 heteroatoms. The molecule has 0 aliphatic carbocycles. The van der Waals surface area contributed by atoms with E-state index in [9.17, 15) is 4.79 Å². The molecule has 1 rings (SSSR count). The Morgan fingerprint density at radius 2 is 1.74 bits per heavy atom. The van der Waals surface area contributed by atoms with Crippen LogP contribution in [0.4, 0.5) is 0 Å². The third-order valence-corrected chi connectivity index (χ3v) is 3.33. The highest BCUT2D eigenvalue weighted by molar-refractivity contribution is 5.99. The van der Waals surface area contributed by atoms with E-state index in [4.69, 9.17) is 0 Å². The van der Waals surface area contributed by atoms with Crippen molar-refractivity contribution in [2.24, 2.45) is 0 Å². The van der Waals surface area contributed by atoms with Crippen LogP contribution < -0.4 is 0 Å². The Balaban J connectivity index is 2.70. The lowest BCUT2D eigenvalue weighted by Gasteiger charge is -2.29. The van der Waals surface area contributed by atoms with Crippen LogP contribution in [0.5, 0.6) is 0 Å². The molecule has 0 saturated heterocycles. The zero-order chi connectivity index (χ0) is 14.3. The maximum Gasteiger partial charge on any atom is 0.179 e. The fraction of sp³-hybridized carbons (Fsp3) is 0.562. The Morgan fingerprint density at radius 1 is 1.11 bits per heavy atom. The van der Waals surface area contributed by atoms with E-state index in [2.05, 4.69) is 30.8 Å². The van der Waals surface area contributed by atoms with Crippen LogP contribution in [-0.4, -0.2) is 55.4 Å². The molecule has 0 N–H and O–H groups in total. The Morgan fingerprint density at radius 3 is 2.26 bits per heavy atom. The second-order valence-corrected chi connectivity index (χ2v) is 5.25. The molecule has 0 amide bonds. The average Bonchev–Trinajstić information content (AvgIpc) is 2.42. The lowest BCUT2D eigenvalue weighted by molar-refractivity contribution is 0.0828. The van der Waals surface area contributed by atoms with Crippen LogP contribution in [0.2, 0.25) is 0 Å². The Kier molecular flexibility index (Phi) is 6.74. The SMILES string of the molecule is CCCN(CCN(C)C)C(C)C(=O)c1ccccc1. The average molecular weight is 262 g/mol. The topological polar surface area (TPSA) is 23.6 Å². The Bertz CT molecular complexity index is 376. The normalized spacial score (nSPS) is 12.9. The van der Waals surface area contributed by atoms with Gasteiger partial charge in [-0.1, -0.05) is 37.3 Å². The molecule has 0 bridgehead atoms. The van der Waals surface area contributed by atoms with E-state index in [-0.39, 0.29) is 11.8 Å². The predicted octanol–water partition coefficient (Wildman–Crippen LogP) is 2.53. The zero-order valence-corrected chi connectivity index (χ0v) is 12.6. The highest BCUT2D eigenvalue weighted by Crippen LogP contribution is 2.09. The highest BCUT2D eigenvalue weighted by atomic mass is 16.1.